The first-order valence-corrected chi connectivity index (χ1v) is 5.63. The summed E-state index contributed by atoms with van der Waals surface area (Å²) in [4.78, 5) is 15.7. The third-order valence-electron chi connectivity index (χ3n) is 2.86. The van der Waals surface area contributed by atoms with Gasteiger partial charge in [0.1, 0.15) is 5.82 Å². The first-order chi connectivity index (χ1) is 7.66. The number of rotatable bonds is 1. The summed E-state index contributed by atoms with van der Waals surface area (Å²) in [7, 11) is 0. The van der Waals surface area contributed by atoms with E-state index in [1.165, 1.54) is 0 Å². The summed E-state index contributed by atoms with van der Waals surface area (Å²) in [6.07, 6.45) is 7.07. The van der Waals surface area contributed by atoms with E-state index >= 15 is 0 Å². The average molecular weight is 216 g/mol. The number of carbonyl (C=O) groups excluding carboxylic acids is 1. The Bertz CT molecular complexity index is 449. The molecule has 0 fully saturated rings. The summed E-state index contributed by atoms with van der Waals surface area (Å²) in [6, 6.07) is 2.01. The number of pyridine rings is 1. The standard InChI is InChI=1S/C13H16N2O/c1-9-6-12(13(14)15-8-9)10-4-2-3-5-11(16)7-10/h6-8H,2-5H2,1H3,(H2,14,15). The van der Waals surface area contributed by atoms with Gasteiger partial charge in [-0.2, -0.15) is 0 Å². The molecule has 16 heavy (non-hydrogen) atoms. The van der Waals surface area contributed by atoms with Crippen LogP contribution in [0.2, 0.25) is 0 Å². The maximum absolute atomic E-state index is 11.5. The number of anilines is 1. The molecule has 0 atom stereocenters. The van der Waals surface area contributed by atoms with Crippen LogP contribution in [0.15, 0.2) is 18.3 Å². The van der Waals surface area contributed by atoms with E-state index in [9.17, 15) is 4.79 Å². The normalized spacial score (nSPS) is 16.8. The molecule has 0 aromatic carbocycles. The van der Waals surface area contributed by atoms with Crippen molar-refractivity contribution >= 4 is 17.2 Å². The second-order valence-electron chi connectivity index (χ2n) is 4.29. The van der Waals surface area contributed by atoms with Crippen molar-refractivity contribution in [3.8, 4) is 0 Å². The van der Waals surface area contributed by atoms with Crippen molar-refractivity contribution in [3.63, 3.8) is 0 Å². The highest BCUT2D eigenvalue weighted by molar-refractivity contribution is 5.98. The highest BCUT2D eigenvalue weighted by Gasteiger charge is 2.12. The molecule has 0 bridgehead atoms. The Kier molecular flexibility index (Phi) is 3.04. The molecule has 0 radical (unpaired) electrons. The second kappa shape index (κ2) is 4.47. The van der Waals surface area contributed by atoms with Crippen LogP contribution in [0.5, 0.6) is 0 Å². The van der Waals surface area contributed by atoms with Gasteiger partial charge in [-0.1, -0.05) is 0 Å². The number of aryl methyl sites for hydroxylation is 1. The van der Waals surface area contributed by atoms with Crippen molar-refractivity contribution < 1.29 is 4.79 Å². The first kappa shape index (κ1) is 10.9. The lowest BCUT2D eigenvalue weighted by Gasteiger charge is -2.08. The summed E-state index contributed by atoms with van der Waals surface area (Å²) in [5, 5.41) is 0. The lowest BCUT2D eigenvalue weighted by Crippen LogP contribution is -1.99. The minimum atomic E-state index is 0.202. The molecule has 2 N–H and O–H groups in total. The van der Waals surface area contributed by atoms with Crippen molar-refractivity contribution in [3.05, 3.63) is 29.5 Å². The van der Waals surface area contributed by atoms with E-state index in [1.54, 1.807) is 12.3 Å². The van der Waals surface area contributed by atoms with Crippen LogP contribution in [-0.2, 0) is 4.79 Å². The number of aromatic nitrogens is 1. The third kappa shape index (κ3) is 2.30. The largest absolute Gasteiger partial charge is 0.383 e. The second-order valence-corrected chi connectivity index (χ2v) is 4.29. The van der Waals surface area contributed by atoms with E-state index < -0.39 is 0 Å². The number of ketones is 1. The number of allylic oxidation sites excluding steroid dienone is 2. The Morgan fingerprint density at radius 3 is 2.88 bits per heavy atom. The zero-order valence-corrected chi connectivity index (χ0v) is 9.49. The highest BCUT2D eigenvalue weighted by Crippen LogP contribution is 2.28. The quantitative estimate of drug-likeness (QED) is 0.784. The lowest BCUT2D eigenvalue weighted by molar-refractivity contribution is -0.114. The molecule has 1 aliphatic carbocycles. The fourth-order valence-corrected chi connectivity index (χ4v) is 2.00. The molecular weight excluding hydrogens is 200 g/mol. The van der Waals surface area contributed by atoms with Crippen molar-refractivity contribution in [2.75, 3.05) is 5.73 Å². The molecule has 1 heterocycles. The summed E-state index contributed by atoms with van der Waals surface area (Å²) in [6.45, 7) is 1.98. The van der Waals surface area contributed by atoms with Crippen LogP contribution < -0.4 is 5.73 Å². The Labute approximate surface area is 95.4 Å². The maximum Gasteiger partial charge on any atom is 0.155 e. The number of hydrogen-bond acceptors (Lipinski definition) is 3. The van der Waals surface area contributed by atoms with Gasteiger partial charge >= 0.3 is 0 Å². The molecule has 0 saturated carbocycles. The molecular formula is C13H16N2O. The Morgan fingerprint density at radius 1 is 1.31 bits per heavy atom. The van der Waals surface area contributed by atoms with Crippen molar-refractivity contribution in [2.24, 2.45) is 0 Å². The monoisotopic (exact) mass is 216 g/mol. The fourth-order valence-electron chi connectivity index (χ4n) is 2.00. The average Bonchev–Trinajstić information content (AvgIpc) is 2.46. The number of nitrogen functional groups attached to an aromatic ring is 1. The zero-order chi connectivity index (χ0) is 11.5. The van der Waals surface area contributed by atoms with Gasteiger partial charge in [0.25, 0.3) is 0 Å². The predicted octanol–water partition coefficient (Wildman–Crippen LogP) is 2.50. The van der Waals surface area contributed by atoms with Gasteiger partial charge in [-0.25, -0.2) is 4.98 Å². The van der Waals surface area contributed by atoms with E-state index in [-0.39, 0.29) is 5.78 Å². The van der Waals surface area contributed by atoms with Crippen LogP contribution in [-0.4, -0.2) is 10.8 Å². The van der Waals surface area contributed by atoms with E-state index in [4.69, 9.17) is 5.73 Å². The van der Waals surface area contributed by atoms with E-state index in [0.29, 0.717) is 12.2 Å². The summed E-state index contributed by atoms with van der Waals surface area (Å²) < 4.78 is 0. The molecule has 2 rings (SSSR count). The predicted molar refractivity (Wildman–Crippen MR) is 64.8 cm³/mol. The minimum absolute atomic E-state index is 0.202. The topological polar surface area (TPSA) is 56.0 Å². The summed E-state index contributed by atoms with van der Waals surface area (Å²) >= 11 is 0. The smallest absolute Gasteiger partial charge is 0.155 e. The Hall–Kier alpha value is -1.64. The molecule has 1 aliphatic rings. The van der Waals surface area contributed by atoms with E-state index in [2.05, 4.69) is 4.98 Å². The van der Waals surface area contributed by atoms with Gasteiger partial charge in [0.05, 0.1) is 0 Å². The van der Waals surface area contributed by atoms with Gasteiger partial charge in [-0.3, -0.25) is 4.79 Å². The maximum atomic E-state index is 11.5. The third-order valence-corrected chi connectivity index (χ3v) is 2.86. The molecule has 0 spiro atoms. The minimum Gasteiger partial charge on any atom is -0.383 e. The van der Waals surface area contributed by atoms with Crippen LogP contribution in [0.25, 0.3) is 5.57 Å². The highest BCUT2D eigenvalue weighted by atomic mass is 16.1. The van der Waals surface area contributed by atoms with Gasteiger partial charge in [-0.05, 0) is 49.5 Å². The van der Waals surface area contributed by atoms with Crippen LogP contribution in [0.3, 0.4) is 0 Å². The van der Waals surface area contributed by atoms with Crippen LogP contribution in [0, 0.1) is 6.92 Å². The van der Waals surface area contributed by atoms with Gasteiger partial charge in [-0.15, -0.1) is 0 Å². The molecule has 0 unspecified atom stereocenters. The molecule has 0 aliphatic heterocycles. The van der Waals surface area contributed by atoms with Gasteiger partial charge < -0.3 is 5.73 Å². The Balaban J connectivity index is 2.42. The molecule has 3 nitrogen and oxygen atoms in total. The molecule has 0 saturated heterocycles. The van der Waals surface area contributed by atoms with Crippen LogP contribution in [0.4, 0.5) is 5.82 Å². The molecule has 1 aromatic rings. The fraction of sp³-hybridized carbons (Fsp3) is 0.385. The molecule has 0 amide bonds. The molecule has 3 heteroatoms. The van der Waals surface area contributed by atoms with Gasteiger partial charge in [0.15, 0.2) is 5.78 Å². The zero-order valence-electron chi connectivity index (χ0n) is 9.49. The first-order valence-electron chi connectivity index (χ1n) is 5.63. The van der Waals surface area contributed by atoms with Crippen LogP contribution in [0.1, 0.15) is 36.8 Å². The molecule has 84 valence electrons. The summed E-state index contributed by atoms with van der Waals surface area (Å²) in [5.74, 6) is 0.722. The molecule has 1 aromatic heterocycles. The summed E-state index contributed by atoms with van der Waals surface area (Å²) in [5.41, 5.74) is 8.89. The number of hydrogen-bond donors (Lipinski definition) is 1. The van der Waals surface area contributed by atoms with E-state index in [1.807, 2.05) is 13.0 Å². The van der Waals surface area contributed by atoms with Crippen LogP contribution >= 0.6 is 0 Å². The van der Waals surface area contributed by atoms with Gasteiger partial charge in [0, 0.05) is 18.2 Å². The van der Waals surface area contributed by atoms with Gasteiger partial charge in [0.2, 0.25) is 0 Å². The SMILES string of the molecule is Cc1cnc(N)c(C2=CC(=O)CCCC2)c1. The number of nitrogens with two attached hydrogens (primary N) is 1. The van der Waals surface area contributed by atoms with Crippen molar-refractivity contribution in [1.29, 1.82) is 0 Å². The number of carbonyl (C=O) groups is 1. The Morgan fingerprint density at radius 2 is 2.06 bits per heavy atom. The van der Waals surface area contributed by atoms with E-state index in [0.717, 1.165) is 36.0 Å². The number of nitrogens with zero attached hydrogens (tertiary/aromatic N) is 1. The lowest BCUT2D eigenvalue weighted by atomic mass is 10.0. The van der Waals surface area contributed by atoms with Crippen molar-refractivity contribution in [2.45, 2.75) is 32.6 Å². The van der Waals surface area contributed by atoms with Crippen molar-refractivity contribution in [1.82, 2.24) is 4.98 Å².